The monoisotopic (exact) mass is 554 g/mol. The van der Waals surface area contributed by atoms with Gasteiger partial charge in [-0.1, -0.05) is 52.0 Å². The van der Waals surface area contributed by atoms with Crippen LogP contribution in [0.3, 0.4) is 0 Å². The smallest absolute Gasteiger partial charge is 0.264 e. The molecule has 11 heteroatoms. The number of hydrogen-bond acceptors (Lipinski definition) is 7. The van der Waals surface area contributed by atoms with E-state index in [4.69, 9.17) is 0 Å². The first kappa shape index (κ1) is 22.8. The van der Waals surface area contributed by atoms with E-state index in [1.807, 2.05) is 48.5 Å². The average molecular weight is 555 g/mol. The van der Waals surface area contributed by atoms with Gasteiger partial charge in [-0.3, -0.25) is 14.2 Å². The zero-order valence-electron chi connectivity index (χ0n) is 17.8. The second-order valence-corrected chi connectivity index (χ2v) is 10.7. The molecular weight excluding hydrogens is 536 g/mol. The fourth-order valence-electron chi connectivity index (χ4n) is 3.45. The molecule has 5 aromatic rings. The molecule has 0 unspecified atom stereocenters. The normalized spacial score (nSPS) is 11.3. The van der Waals surface area contributed by atoms with E-state index in [1.165, 1.54) is 24.3 Å². The molecule has 8 nitrogen and oxygen atoms in total. The fraction of sp³-hybridized carbons (Fsp3) is 0.174. The molecule has 5 rings (SSSR count). The molecule has 0 aliphatic rings. The summed E-state index contributed by atoms with van der Waals surface area (Å²) in [6.45, 7) is 1.24. The van der Waals surface area contributed by atoms with Crippen molar-refractivity contribution in [1.82, 2.24) is 29.6 Å². The van der Waals surface area contributed by atoms with Crippen molar-refractivity contribution in [3.8, 4) is 0 Å². The van der Waals surface area contributed by atoms with Gasteiger partial charge in [-0.05, 0) is 29.8 Å². The predicted molar refractivity (Wildman–Crippen MR) is 138 cm³/mol. The summed E-state index contributed by atoms with van der Waals surface area (Å²) in [5.74, 6) is 0.212. The standard InChI is InChI=1S/C23H19BrN6O2S2/c24-16-7-5-15(6-8-16)12-29-14-26-21-17(22(29)32)11-27-30(21)10-9-25-20(31)13-33-23-28-18-3-1-2-4-19(18)34-23/h1-8,11,14H,9-10,12-13H2,(H,25,31). The highest BCUT2D eigenvalue weighted by Gasteiger charge is 2.12. The molecule has 172 valence electrons. The largest absolute Gasteiger partial charge is 0.354 e. The van der Waals surface area contributed by atoms with Crippen LogP contribution in [0.5, 0.6) is 0 Å². The zero-order valence-corrected chi connectivity index (χ0v) is 21.1. The van der Waals surface area contributed by atoms with Gasteiger partial charge in [-0.25, -0.2) is 14.6 Å². The van der Waals surface area contributed by atoms with Crippen LogP contribution in [0.15, 0.2) is 74.7 Å². The lowest BCUT2D eigenvalue weighted by Gasteiger charge is -2.07. The van der Waals surface area contributed by atoms with Gasteiger partial charge in [-0.2, -0.15) is 5.10 Å². The third kappa shape index (κ3) is 5.06. The number of nitrogens with zero attached hydrogens (tertiary/aromatic N) is 5. The van der Waals surface area contributed by atoms with Crippen LogP contribution in [0.1, 0.15) is 5.56 Å². The van der Waals surface area contributed by atoms with Gasteiger partial charge in [0.2, 0.25) is 5.91 Å². The van der Waals surface area contributed by atoms with E-state index in [0.29, 0.717) is 36.4 Å². The van der Waals surface area contributed by atoms with Crippen molar-refractivity contribution in [2.75, 3.05) is 12.3 Å². The number of fused-ring (bicyclic) bond motifs is 2. The Morgan fingerprint density at radius 2 is 1.97 bits per heavy atom. The Hall–Kier alpha value is -3.02. The lowest BCUT2D eigenvalue weighted by atomic mass is 10.2. The number of hydrogen-bond donors (Lipinski definition) is 1. The van der Waals surface area contributed by atoms with Crippen LogP contribution >= 0.6 is 39.0 Å². The second kappa shape index (κ2) is 10.1. The molecule has 0 atom stereocenters. The lowest BCUT2D eigenvalue weighted by molar-refractivity contribution is -0.118. The summed E-state index contributed by atoms with van der Waals surface area (Å²) in [5, 5.41) is 7.65. The van der Waals surface area contributed by atoms with Gasteiger partial charge < -0.3 is 5.32 Å². The number of para-hydroxylation sites is 1. The molecule has 3 aromatic heterocycles. The fourth-order valence-corrected chi connectivity index (χ4v) is 5.62. The summed E-state index contributed by atoms with van der Waals surface area (Å²) in [4.78, 5) is 34.1. The molecule has 0 bridgehead atoms. The predicted octanol–water partition coefficient (Wildman–Crippen LogP) is 3.92. The number of carbonyl (C=O) groups is 1. The third-order valence-electron chi connectivity index (χ3n) is 5.14. The highest BCUT2D eigenvalue weighted by atomic mass is 79.9. The van der Waals surface area contributed by atoms with Gasteiger partial charge in [0, 0.05) is 11.0 Å². The maximum absolute atomic E-state index is 12.9. The molecule has 1 N–H and O–H groups in total. The summed E-state index contributed by atoms with van der Waals surface area (Å²) in [7, 11) is 0. The minimum Gasteiger partial charge on any atom is -0.354 e. The Morgan fingerprint density at radius 3 is 2.79 bits per heavy atom. The average Bonchev–Trinajstić information content (AvgIpc) is 3.45. The number of benzene rings is 2. The van der Waals surface area contributed by atoms with Crippen LogP contribution in [0.2, 0.25) is 0 Å². The Labute approximate surface area is 211 Å². The second-order valence-electron chi connectivity index (χ2n) is 7.50. The summed E-state index contributed by atoms with van der Waals surface area (Å²) in [6.07, 6.45) is 3.08. The van der Waals surface area contributed by atoms with E-state index in [1.54, 1.807) is 20.6 Å². The van der Waals surface area contributed by atoms with Crippen molar-refractivity contribution >= 4 is 66.2 Å². The van der Waals surface area contributed by atoms with Crippen molar-refractivity contribution in [1.29, 1.82) is 0 Å². The van der Waals surface area contributed by atoms with Crippen molar-refractivity contribution in [2.45, 2.75) is 17.4 Å². The number of carbonyl (C=O) groups excluding carboxylic acids is 1. The van der Waals surface area contributed by atoms with Crippen LogP contribution in [0, 0.1) is 0 Å². The summed E-state index contributed by atoms with van der Waals surface area (Å²) in [6, 6.07) is 15.7. The van der Waals surface area contributed by atoms with Gasteiger partial charge in [0.15, 0.2) is 9.99 Å². The van der Waals surface area contributed by atoms with E-state index in [2.05, 4.69) is 36.3 Å². The van der Waals surface area contributed by atoms with Crippen LogP contribution in [-0.2, 0) is 17.9 Å². The van der Waals surface area contributed by atoms with Crippen molar-refractivity contribution < 1.29 is 4.79 Å². The van der Waals surface area contributed by atoms with Gasteiger partial charge in [-0.15, -0.1) is 11.3 Å². The quantitative estimate of drug-likeness (QED) is 0.292. The molecule has 0 saturated carbocycles. The Bertz CT molecular complexity index is 1490. The maximum Gasteiger partial charge on any atom is 0.264 e. The number of amides is 1. The van der Waals surface area contributed by atoms with E-state index in [0.717, 1.165) is 24.6 Å². The van der Waals surface area contributed by atoms with E-state index in [9.17, 15) is 9.59 Å². The molecule has 0 fully saturated rings. The first-order chi connectivity index (χ1) is 16.6. The van der Waals surface area contributed by atoms with E-state index in [-0.39, 0.29) is 11.5 Å². The highest BCUT2D eigenvalue weighted by Crippen LogP contribution is 2.29. The van der Waals surface area contributed by atoms with Gasteiger partial charge in [0.1, 0.15) is 11.7 Å². The molecule has 0 aliphatic carbocycles. The minimum atomic E-state index is -0.143. The molecule has 34 heavy (non-hydrogen) atoms. The van der Waals surface area contributed by atoms with Crippen LogP contribution in [-0.4, -0.2) is 42.5 Å². The lowest BCUT2D eigenvalue weighted by Crippen LogP contribution is -2.29. The van der Waals surface area contributed by atoms with Gasteiger partial charge in [0.25, 0.3) is 5.56 Å². The van der Waals surface area contributed by atoms with E-state index < -0.39 is 0 Å². The number of aromatic nitrogens is 5. The highest BCUT2D eigenvalue weighted by molar-refractivity contribution is 9.10. The number of thiazole rings is 1. The van der Waals surface area contributed by atoms with Crippen LogP contribution in [0.4, 0.5) is 0 Å². The van der Waals surface area contributed by atoms with Crippen molar-refractivity contribution in [3.63, 3.8) is 0 Å². The Balaban J connectivity index is 1.17. The van der Waals surface area contributed by atoms with Crippen LogP contribution in [0.25, 0.3) is 21.3 Å². The van der Waals surface area contributed by atoms with Gasteiger partial charge >= 0.3 is 0 Å². The molecule has 0 aliphatic heterocycles. The first-order valence-electron chi connectivity index (χ1n) is 10.5. The zero-order chi connectivity index (χ0) is 23.5. The van der Waals surface area contributed by atoms with Crippen molar-refractivity contribution in [2.24, 2.45) is 0 Å². The molecule has 0 saturated heterocycles. The third-order valence-corrected chi connectivity index (χ3v) is 7.84. The number of rotatable bonds is 8. The number of nitrogens with one attached hydrogen (secondary N) is 1. The SMILES string of the molecule is O=C(CSc1nc2ccccc2s1)NCCn1ncc2c(=O)n(Cc3ccc(Br)cc3)cnc21. The first-order valence-corrected chi connectivity index (χ1v) is 13.1. The Kier molecular flexibility index (Phi) is 6.75. The maximum atomic E-state index is 12.9. The minimum absolute atomic E-state index is 0.0782. The molecule has 0 radical (unpaired) electrons. The summed E-state index contributed by atoms with van der Waals surface area (Å²) in [5.41, 5.74) is 2.32. The van der Waals surface area contributed by atoms with Crippen molar-refractivity contribution in [3.05, 3.63) is 81.4 Å². The topological polar surface area (TPSA) is 94.7 Å². The molecule has 1 amide bonds. The number of halogens is 1. The van der Waals surface area contributed by atoms with Gasteiger partial charge in [0.05, 0.1) is 35.3 Å². The van der Waals surface area contributed by atoms with E-state index >= 15 is 0 Å². The summed E-state index contributed by atoms with van der Waals surface area (Å²) >= 11 is 6.42. The summed E-state index contributed by atoms with van der Waals surface area (Å²) < 4.78 is 6.18. The molecule has 0 spiro atoms. The molecular formula is C23H19BrN6O2S2. The Morgan fingerprint density at radius 1 is 1.15 bits per heavy atom. The molecule has 2 aromatic carbocycles. The molecule has 3 heterocycles. The van der Waals surface area contributed by atoms with Crippen LogP contribution < -0.4 is 10.9 Å². The number of thioether (sulfide) groups is 1.